The predicted octanol–water partition coefficient (Wildman–Crippen LogP) is 3.87. The molecule has 1 N–H and O–H groups in total. The summed E-state index contributed by atoms with van der Waals surface area (Å²) in [6.07, 6.45) is 9.17. The molecule has 0 aromatic carbocycles. The molecule has 4 aliphatic rings. The first-order valence-electron chi connectivity index (χ1n) is 13.0. The van der Waals surface area contributed by atoms with E-state index in [-0.39, 0.29) is 30.0 Å². The Kier molecular flexibility index (Phi) is 6.86. The molecule has 3 fully saturated rings. The topological polar surface area (TPSA) is 107 Å². The molecule has 4 aliphatic carbocycles. The summed E-state index contributed by atoms with van der Waals surface area (Å²) >= 11 is 0. The molecule has 3 saturated carbocycles. The highest BCUT2D eigenvalue weighted by Gasteiger charge is 2.70. The van der Waals surface area contributed by atoms with Crippen molar-refractivity contribution >= 4 is 23.5 Å². The van der Waals surface area contributed by atoms with Crippen molar-refractivity contribution in [1.29, 1.82) is 0 Å². The number of Topliss-reactive ketones (excluding diaryl/α,β-unsaturated/α-hetero) is 1. The van der Waals surface area contributed by atoms with Crippen LogP contribution in [0.25, 0.3) is 0 Å². The first kappa shape index (κ1) is 25.8. The van der Waals surface area contributed by atoms with E-state index in [0.29, 0.717) is 25.7 Å². The molecular weight excluding hydrogens is 448 g/mol. The second-order valence-corrected chi connectivity index (χ2v) is 11.4. The number of hydrogen-bond donors (Lipinski definition) is 1. The lowest BCUT2D eigenvalue weighted by Crippen LogP contribution is -2.63. The number of fused-ring (bicyclic) bond motifs is 5. The van der Waals surface area contributed by atoms with Gasteiger partial charge in [0, 0.05) is 30.1 Å². The molecule has 0 saturated heterocycles. The van der Waals surface area contributed by atoms with Crippen molar-refractivity contribution in [3.8, 4) is 0 Å². The maximum atomic E-state index is 13.6. The van der Waals surface area contributed by atoms with E-state index >= 15 is 0 Å². The van der Waals surface area contributed by atoms with Crippen molar-refractivity contribution < 1.29 is 33.8 Å². The summed E-state index contributed by atoms with van der Waals surface area (Å²) in [5.74, 6) is -1.31. The Labute approximate surface area is 207 Å². The van der Waals surface area contributed by atoms with Crippen LogP contribution in [0.4, 0.5) is 0 Å². The van der Waals surface area contributed by atoms with Crippen LogP contribution < -0.4 is 0 Å². The molecular formula is C28H38O7. The van der Waals surface area contributed by atoms with Gasteiger partial charge in [0.15, 0.2) is 18.0 Å². The standard InChI is InChI=1S/C28H38O7/c1-5-6-7-24(33)35-28(23(32)16-34-17(2)29)13-11-21-20-9-8-18-14-19(30)10-12-26(18,3)25(20)22(31)15-27(21,28)4/h10,12,14,20-22,25,31H,5-9,11,13,15-16H2,1-4H3/t20-,21-,22-,25-,26-,27-,28-/m0/s1. The Morgan fingerprint density at radius 2 is 1.94 bits per heavy atom. The molecule has 7 nitrogen and oxygen atoms in total. The largest absolute Gasteiger partial charge is 0.458 e. The smallest absolute Gasteiger partial charge is 0.306 e. The number of carbonyl (C=O) groups is 4. The highest BCUT2D eigenvalue weighted by Crippen LogP contribution is 2.67. The van der Waals surface area contributed by atoms with Crippen LogP contribution in [-0.2, 0) is 28.7 Å². The average Bonchev–Trinajstić information content (AvgIpc) is 3.08. The molecule has 0 aromatic heterocycles. The van der Waals surface area contributed by atoms with Crippen molar-refractivity contribution in [3.05, 3.63) is 23.8 Å². The molecule has 4 rings (SSSR count). The van der Waals surface area contributed by atoms with Gasteiger partial charge in [-0.1, -0.05) is 38.8 Å². The van der Waals surface area contributed by atoms with Gasteiger partial charge in [0.25, 0.3) is 0 Å². The fourth-order valence-electron chi connectivity index (χ4n) is 7.85. The summed E-state index contributed by atoms with van der Waals surface area (Å²) in [5.41, 5.74) is -1.56. The fourth-order valence-corrected chi connectivity index (χ4v) is 7.85. The van der Waals surface area contributed by atoms with E-state index in [1.807, 2.05) is 19.9 Å². The van der Waals surface area contributed by atoms with Gasteiger partial charge in [0.05, 0.1) is 6.10 Å². The van der Waals surface area contributed by atoms with Crippen LogP contribution in [0.3, 0.4) is 0 Å². The molecule has 0 radical (unpaired) electrons. The summed E-state index contributed by atoms with van der Waals surface area (Å²) in [7, 11) is 0. The second-order valence-electron chi connectivity index (χ2n) is 11.4. The van der Waals surface area contributed by atoms with Crippen LogP contribution in [0.1, 0.15) is 79.1 Å². The van der Waals surface area contributed by atoms with Crippen molar-refractivity contribution in [1.82, 2.24) is 0 Å². The lowest BCUT2D eigenvalue weighted by Gasteiger charge is -2.59. The minimum Gasteiger partial charge on any atom is -0.458 e. The van der Waals surface area contributed by atoms with Crippen LogP contribution in [-0.4, -0.2) is 46.9 Å². The molecule has 0 amide bonds. The van der Waals surface area contributed by atoms with Gasteiger partial charge in [-0.05, 0) is 62.5 Å². The van der Waals surface area contributed by atoms with E-state index in [1.54, 1.807) is 12.2 Å². The van der Waals surface area contributed by atoms with Crippen molar-refractivity contribution in [3.63, 3.8) is 0 Å². The SMILES string of the molecule is CCCCC(=O)O[C@]1(C(=O)COC(C)=O)CC[C@H]2[C@@H]3CCC4=CC(=O)C=C[C@]4(C)[C@@H]3[C@@H](O)C[C@@]21C. The van der Waals surface area contributed by atoms with Gasteiger partial charge in [-0.15, -0.1) is 0 Å². The summed E-state index contributed by atoms with van der Waals surface area (Å²) < 4.78 is 11.1. The van der Waals surface area contributed by atoms with Gasteiger partial charge in [0.1, 0.15) is 0 Å². The van der Waals surface area contributed by atoms with Crippen LogP contribution in [0.15, 0.2) is 23.8 Å². The Morgan fingerprint density at radius 1 is 1.20 bits per heavy atom. The second kappa shape index (κ2) is 9.30. The summed E-state index contributed by atoms with van der Waals surface area (Å²) in [5, 5.41) is 11.6. The van der Waals surface area contributed by atoms with Crippen LogP contribution in [0, 0.1) is 28.6 Å². The Morgan fingerprint density at radius 3 is 2.63 bits per heavy atom. The van der Waals surface area contributed by atoms with Crippen LogP contribution >= 0.6 is 0 Å². The highest BCUT2D eigenvalue weighted by atomic mass is 16.6. The van der Waals surface area contributed by atoms with Gasteiger partial charge in [-0.3, -0.25) is 19.2 Å². The van der Waals surface area contributed by atoms with E-state index < -0.39 is 46.9 Å². The first-order chi connectivity index (χ1) is 16.5. The van der Waals surface area contributed by atoms with Crippen molar-refractivity contribution in [2.45, 2.75) is 90.8 Å². The Balaban J connectivity index is 1.70. The number of allylic oxidation sites excluding steroid dienone is 4. The lowest BCUT2D eigenvalue weighted by molar-refractivity contribution is -0.201. The molecule has 0 unspecified atom stereocenters. The number of carbonyl (C=O) groups excluding carboxylic acids is 4. The highest BCUT2D eigenvalue weighted by molar-refractivity contribution is 6.01. The van der Waals surface area contributed by atoms with Gasteiger partial charge in [-0.2, -0.15) is 0 Å². The van der Waals surface area contributed by atoms with Crippen molar-refractivity contribution in [2.24, 2.45) is 28.6 Å². The molecule has 7 atom stereocenters. The third kappa shape index (κ3) is 4.09. The van der Waals surface area contributed by atoms with Crippen molar-refractivity contribution in [2.75, 3.05) is 6.61 Å². The fraction of sp³-hybridized carbons (Fsp3) is 0.714. The zero-order chi connectivity index (χ0) is 25.6. The molecule has 0 aromatic rings. The van der Waals surface area contributed by atoms with E-state index in [0.717, 1.165) is 24.8 Å². The van der Waals surface area contributed by atoms with Gasteiger partial charge in [-0.25, -0.2) is 0 Å². The normalized spacial score (nSPS) is 39.7. The number of ether oxygens (including phenoxy) is 2. The number of hydrogen-bond acceptors (Lipinski definition) is 7. The number of aliphatic hydroxyl groups is 1. The van der Waals surface area contributed by atoms with Gasteiger partial charge < -0.3 is 14.6 Å². The molecule has 0 spiro atoms. The molecule has 0 aliphatic heterocycles. The summed E-state index contributed by atoms with van der Waals surface area (Å²) in [6, 6.07) is 0. The summed E-state index contributed by atoms with van der Waals surface area (Å²) in [6.45, 7) is 6.86. The van der Waals surface area contributed by atoms with Gasteiger partial charge >= 0.3 is 11.9 Å². The zero-order valence-corrected chi connectivity index (χ0v) is 21.3. The zero-order valence-electron chi connectivity index (χ0n) is 21.3. The third-order valence-electron chi connectivity index (χ3n) is 9.50. The maximum absolute atomic E-state index is 13.6. The van der Waals surface area contributed by atoms with Crippen LogP contribution in [0.5, 0.6) is 0 Å². The lowest BCUT2D eigenvalue weighted by atomic mass is 9.46. The average molecular weight is 487 g/mol. The van der Waals surface area contributed by atoms with E-state index in [2.05, 4.69) is 6.92 Å². The van der Waals surface area contributed by atoms with E-state index in [1.165, 1.54) is 6.92 Å². The number of unbranched alkanes of at least 4 members (excludes halogenated alkanes) is 1. The van der Waals surface area contributed by atoms with Gasteiger partial charge in [0.2, 0.25) is 5.78 Å². The number of esters is 2. The molecule has 0 heterocycles. The van der Waals surface area contributed by atoms with E-state index in [4.69, 9.17) is 9.47 Å². The molecule has 35 heavy (non-hydrogen) atoms. The first-order valence-corrected chi connectivity index (χ1v) is 13.0. The minimum absolute atomic E-state index is 0.0130. The number of rotatable bonds is 7. The minimum atomic E-state index is -1.43. The predicted molar refractivity (Wildman–Crippen MR) is 128 cm³/mol. The molecule has 0 bridgehead atoms. The molecule has 192 valence electrons. The number of aliphatic hydroxyl groups excluding tert-OH is 1. The van der Waals surface area contributed by atoms with Crippen LogP contribution in [0.2, 0.25) is 0 Å². The summed E-state index contributed by atoms with van der Waals surface area (Å²) in [4.78, 5) is 50.0. The Hall–Kier alpha value is -2.28. The third-order valence-corrected chi connectivity index (χ3v) is 9.50. The maximum Gasteiger partial charge on any atom is 0.306 e. The van der Waals surface area contributed by atoms with E-state index in [9.17, 15) is 24.3 Å². The quantitative estimate of drug-likeness (QED) is 0.544. The Bertz CT molecular complexity index is 980. The number of ketones is 2. The molecule has 7 heteroatoms. The monoisotopic (exact) mass is 486 g/mol.